The number of carbonyl (C=O) groups is 3. The van der Waals surface area contributed by atoms with E-state index < -0.39 is 0 Å². The third-order valence-corrected chi connectivity index (χ3v) is 4.74. The van der Waals surface area contributed by atoms with Crippen LogP contribution in [0.3, 0.4) is 0 Å². The number of nitrogens with one attached hydrogen (secondary N) is 1. The van der Waals surface area contributed by atoms with Crippen LogP contribution in [0, 0.1) is 0 Å². The summed E-state index contributed by atoms with van der Waals surface area (Å²) in [6.45, 7) is 7.85. The van der Waals surface area contributed by atoms with Crippen molar-refractivity contribution in [1.82, 2.24) is 10.2 Å². The number of rotatable bonds is 7. The molecule has 1 aliphatic heterocycles. The van der Waals surface area contributed by atoms with E-state index in [9.17, 15) is 14.4 Å². The van der Waals surface area contributed by atoms with E-state index in [-0.39, 0.29) is 30.4 Å². The molecule has 1 aliphatic rings. The van der Waals surface area contributed by atoms with Crippen LogP contribution < -0.4 is 10.2 Å². The monoisotopic (exact) mass is 375 g/mol. The Morgan fingerprint density at radius 2 is 1.93 bits per heavy atom. The number of carbonyl (C=O) groups excluding carboxylic acids is 3. The van der Waals surface area contributed by atoms with Crippen LogP contribution in [-0.4, -0.2) is 61.5 Å². The van der Waals surface area contributed by atoms with Crippen LogP contribution in [0.1, 0.15) is 44.0 Å². The highest BCUT2D eigenvalue weighted by atomic mass is 16.5. The molecule has 0 radical (unpaired) electrons. The summed E-state index contributed by atoms with van der Waals surface area (Å²) in [5.41, 5.74) is 1.29. The van der Waals surface area contributed by atoms with Gasteiger partial charge >= 0.3 is 5.97 Å². The molecule has 0 atom stereocenters. The maximum atomic E-state index is 12.5. The number of ether oxygens (including phenoxy) is 1. The summed E-state index contributed by atoms with van der Waals surface area (Å²) in [5, 5.41) is 3.06. The van der Waals surface area contributed by atoms with Gasteiger partial charge in [0.25, 0.3) is 0 Å². The second-order valence-corrected chi connectivity index (χ2v) is 6.63. The first-order valence-electron chi connectivity index (χ1n) is 9.51. The van der Waals surface area contributed by atoms with E-state index in [0.717, 1.165) is 18.5 Å². The number of anilines is 1. The molecule has 0 bridgehead atoms. The zero-order chi connectivity index (χ0) is 19.8. The number of nitrogens with zero attached hydrogens (tertiary/aromatic N) is 2. The lowest BCUT2D eigenvalue weighted by Gasteiger charge is -2.32. The summed E-state index contributed by atoms with van der Waals surface area (Å²) in [4.78, 5) is 39.5. The van der Waals surface area contributed by atoms with E-state index in [1.54, 1.807) is 32.0 Å². The first-order valence-corrected chi connectivity index (χ1v) is 9.51. The molecule has 0 aliphatic carbocycles. The molecule has 1 N–H and O–H groups in total. The summed E-state index contributed by atoms with van der Waals surface area (Å²) in [6.07, 6.45) is 1.55. The molecule has 0 unspecified atom stereocenters. The summed E-state index contributed by atoms with van der Waals surface area (Å²) >= 11 is 0. The third kappa shape index (κ3) is 5.98. The predicted octanol–water partition coefficient (Wildman–Crippen LogP) is 1.82. The molecule has 0 spiro atoms. The first kappa shape index (κ1) is 20.7. The predicted molar refractivity (Wildman–Crippen MR) is 104 cm³/mol. The highest BCUT2D eigenvalue weighted by Crippen LogP contribution is 2.17. The minimum absolute atomic E-state index is 0.0559. The van der Waals surface area contributed by atoms with Gasteiger partial charge in [-0.15, -0.1) is 0 Å². The Kier molecular flexibility index (Phi) is 7.64. The molecule has 1 heterocycles. The highest BCUT2D eigenvalue weighted by Gasteiger charge is 2.22. The van der Waals surface area contributed by atoms with Gasteiger partial charge in [-0.1, -0.05) is 6.07 Å². The molecular formula is C20H29N3O4. The van der Waals surface area contributed by atoms with E-state index in [1.807, 2.05) is 22.8 Å². The van der Waals surface area contributed by atoms with Gasteiger partial charge in [0, 0.05) is 38.3 Å². The fraction of sp³-hybridized carbons (Fsp3) is 0.550. The molecular weight excluding hydrogens is 346 g/mol. The van der Waals surface area contributed by atoms with Gasteiger partial charge in [-0.3, -0.25) is 9.59 Å². The van der Waals surface area contributed by atoms with Gasteiger partial charge in [0.1, 0.15) is 0 Å². The van der Waals surface area contributed by atoms with Crippen LogP contribution in [0.25, 0.3) is 0 Å². The third-order valence-electron chi connectivity index (χ3n) is 4.74. The fourth-order valence-corrected chi connectivity index (χ4v) is 3.22. The number of amides is 2. The van der Waals surface area contributed by atoms with Gasteiger partial charge in [0.2, 0.25) is 11.8 Å². The topological polar surface area (TPSA) is 79.0 Å². The van der Waals surface area contributed by atoms with Crippen LogP contribution in [-0.2, 0) is 14.3 Å². The average Bonchev–Trinajstić information content (AvgIpc) is 2.66. The fourth-order valence-electron chi connectivity index (χ4n) is 3.22. The van der Waals surface area contributed by atoms with E-state index in [2.05, 4.69) is 5.32 Å². The first-order chi connectivity index (χ1) is 12.9. The zero-order valence-corrected chi connectivity index (χ0v) is 16.4. The SMILES string of the molecule is CCOC(=O)c1cccc(N(CC)CC(=O)NC2CCN(C(C)=O)CC2)c1. The quantitative estimate of drug-likeness (QED) is 0.736. The van der Waals surface area contributed by atoms with Crippen LogP contribution >= 0.6 is 0 Å². The van der Waals surface area contributed by atoms with Crippen molar-refractivity contribution in [2.45, 2.75) is 39.7 Å². The highest BCUT2D eigenvalue weighted by molar-refractivity contribution is 5.91. The van der Waals surface area contributed by atoms with Crippen LogP contribution in [0.15, 0.2) is 24.3 Å². The lowest BCUT2D eigenvalue weighted by Crippen LogP contribution is -2.48. The van der Waals surface area contributed by atoms with Gasteiger partial charge in [0.15, 0.2) is 0 Å². The van der Waals surface area contributed by atoms with Crippen molar-refractivity contribution in [1.29, 1.82) is 0 Å². The maximum absolute atomic E-state index is 12.5. The molecule has 0 aromatic heterocycles. The van der Waals surface area contributed by atoms with Crippen molar-refractivity contribution in [3.8, 4) is 0 Å². The molecule has 1 aromatic rings. The van der Waals surface area contributed by atoms with Crippen LogP contribution in [0.4, 0.5) is 5.69 Å². The van der Waals surface area contributed by atoms with E-state index in [1.165, 1.54) is 0 Å². The van der Waals surface area contributed by atoms with Crippen molar-refractivity contribution in [3.63, 3.8) is 0 Å². The standard InChI is InChI=1S/C20H29N3O4/c1-4-22(18-8-6-7-16(13-18)20(26)27-5-2)14-19(25)21-17-9-11-23(12-10-17)15(3)24/h6-8,13,17H,4-5,9-12,14H2,1-3H3,(H,21,25). The molecule has 7 heteroatoms. The van der Waals surface area contributed by atoms with Crippen molar-refractivity contribution < 1.29 is 19.1 Å². The molecule has 1 saturated heterocycles. The smallest absolute Gasteiger partial charge is 0.338 e. The Morgan fingerprint density at radius 3 is 2.52 bits per heavy atom. The largest absolute Gasteiger partial charge is 0.462 e. The van der Waals surface area contributed by atoms with Crippen molar-refractivity contribution in [2.24, 2.45) is 0 Å². The Balaban J connectivity index is 1.92. The van der Waals surface area contributed by atoms with Gasteiger partial charge in [0.05, 0.1) is 18.7 Å². The normalized spacial score (nSPS) is 14.6. The Hall–Kier alpha value is -2.57. The van der Waals surface area contributed by atoms with Crippen molar-refractivity contribution >= 4 is 23.5 Å². The van der Waals surface area contributed by atoms with E-state index in [0.29, 0.717) is 31.8 Å². The average molecular weight is 375 g/mol. The minimum Gasteiger partial charge on any atom is -0.462 e. The number of likely N-dealkylation sites (tertiary alicyclic amines) is 1. The summed E-state index contributed by atoms with van der Waals surface area (Å²) in [7, 11) is 0. The number of benzene rings is 1. The number of piperidine rings is 1. The molecule has 7 nitrogen and oxygen atoms in total. The Labute approximate surface area is 160 Å². The van der Waals surface area contributed by atoms with Crippen molar-refractivity contribution in [3.05, 3.63) is 29.8 Å². The van der Waals surface area contributed by atoms with E-state index in [4.69, 9.17) is 4.74 Å². The molecule has 1 fully saturated rings. The number of hydrogen-bond donors (Lipinski definition) is 1. The van der Waals surface area contributed by atoms with Gasteiger partial charge < -0.3 is 19.9 Å². The van der Waals surface area contributed by atoms with Crippen molar-refractivity contribution in [2.75, 3.05) is 37.7 Å². The molecule has 2 rings (SSSR count). The summed E-state index contributed by atoms with van der Waals surface area (Å²) in [6, 6.07) is 7.22. The lowest BCUT2D eigenvalue weighted by molar-refractivity contribution is -0.130. The molecule has 148 valence electrons. The van der Waals surface area contributed by atoms with Gasteiger partial charge in [-0.05, 0) is 44.9 Å². The number of likely N-dealkylation sites (N-methyl/N-ethyl adjacent to an activating group) is 1. The Morgan fingerprint density at radius 1 is 1.22 bits per heavy atom. The van der Waals surface area contributed by atoms with Gasteiger partial charge in [-0.2, -0.15) is 0 Å². The van der Waals surface area contributed by atoms with Crippen LogP contribution in [0.2, 0.25) is 0 Å². The molecule has 2 amide bonds. The minimum atomic E-state index is -0.364. The van der Waals surface area contributed by atoms with Crippen LogP contribution in [0.5, 0.6) is 0 Å². The zero-order valence-electron chi connectivity index (χ0n) is 16.4. The molecule has 0 saturated carbocycles. The molecule has 27 heavy (non-hydrogen) atoms. The second-order valence-electron chi connectivity index (χ2n) is 6.63. The Bertz CT molecular complexity index is 669. The maximum Gasteiger partial charge on any atom is 0.338 e. The summed E-state index contributed by atoms with van der Waals surface area (Å²) in [5.74, 6) is -0.338. The van der Waals surface area contributed by atoms with E-state index >= 15 is 0 Å². The van der Waals surface area contributed by atoms with Gasteiger partial charge in [-0.25, -0.2) is 4.79 Å². The lowest BCUT2D eigenvalue weighted by atomic mass is 10.0. The molecule has 1 aromatic carbocycles. The number of esters is 1. The number of hydrogen-bond acceptors (Lipinski definition) is 5. The summed E-state index contributed by atoms with van der Waals surface area (Å²) < 4.78 is 5.04. The second kappa shape index (κ2) is 9.94.